The van der Waals surface area contributed by atoms with Gasteiger partial charge in [0, 0.05) is 43.3 Å². The summed E-state index contributed by atoms with van der Waals surface area (Å²) in [5.74, 6) is 1.20. The Bertz CT molecular complexity index is 1090. The molecule has 1 saturated carbocycles. The minimum Gasteiger partial charge on any atom is -0.493 e. The topological polar surface area (TPSA) is 79.1 Å². The number of hydrogen-bond acceptors (Lipinski definition) is 6. The first-order valence-corrected chi connectivity index (χ1v) is 10.7. The van der Waals surface area contributed by atoms with E-state index in [4.69, 9.17) is 19.2 Å². The molecule has 3 atom stereocenters. The lowest BCUT2D eigenvalue weighted by Crippen LogP contribution is -2.36. The zero-order valence-electron chi connectivity index (χ0n) is 18.4. The molecule has 2 heterocycles. The molecule has 0 radical (unpaired) electrons. The maximum absolute atomic E-state index is 11.9. The molecule has 7 nitrogen and oxygen atoms in total. The summed E-state index contributed by atoms with van der Waals surface area (Å²) in [6, 6.07) is 7.47. The highest BCUT2D eigenvalue weighted by molar-refractivity contribution is 6.14. The number of pyridine rings is 1. The Labute approximate surface area is 181 Å². The Morgan fingerprint density at radius 3 is 2.71 bits per heavy atom. The van der Waals surface area contributed by atoms with E-state index in [2.05, 4.69) is 0 Å². The van der Waals surface area contributed by atoms with Crippen molar-refractivity contribution in [3.05, 3.63) is 57.5 Å². The molecule has 0 saturated heterocycles. The summed E-state index contributed by atoms with van der Waals surface area (Å²) in [7, 11) is 3.36. The molecule has 7 heteroatoms. The number of ether oxygens (including phenoxy) is 3. The highest BCUT2D eigenvalue weighted by atomic mass is 16.5. The van der Waals surface area contributed by atoms with Gasteiger partial charge >= 0.3 is 5.97 Å². The summed E-state index contributed by atoms with van der Waals surface area (Å²) in [6.45, 7) is 3.92. The van der Waals surface area contributed by atoms with E-state index in [0.717, 1.165) is 41.7 Å². The number of carbonyl (C=O) groups excluding carboxylic acids is 1. The van der Waals surface area contributed by atoms with Crippen molar-refractivity contribution in [3.63, 3.8) is 0 Å². The molecular weight excluding hydrogens is 396 g/mol. The van der Waals surface area contributed by atoms with Crippen LogP contribution in [0, 0.1) is 0 Å². The molecule has 1 aromatic heterocycles. The van der Waals surface area contributed by atoms with Crippen molar-refractivity contribution in [2.45, 2.75) is 51.2 Å². The quantitative estimate of drug-likeness (QED) is 0.689. The van der Waals surface area contributed by atoms with Crippen molar-refractivity contribution in [1.82, 2.24) is 4.57 Å². The van der Waals surface area contributed by atoms with Crippen LogP contribution in [0.3, 0.4) is 0 Å². The first-order valence-electron chi connectivity index (χ1n) is 10.7. The lowest BCUT2D eigenvalue weighted by molar-refractivity contribution is -0.148. The Morgan fingerprint density at radius 2 is 2.03 bits per heavy atom. The fourth-order valence-electron chi connectivity index (χ4n) is 4.66. The van der Waals surface area contributed by atoms with E-state index in [-0.39, 0.29) is 29.6 Å². The molecule has 0 unspecified atom stereocenters. The second-order valence-corrected chi connectivity index (χ2v) is 8.09. The Morgan fingerprint density at radius 1 is 1.23 bits per heavy atom. The van der Waals surface area contributed by atoms with Gasteiger partial charge in [-0.2, -0.15) is 0 Å². The van der Waals surface area contributed by atoms with Crippen LogP contribution in [-0.4, -0.2) is 42.1 Å². The minimum absolute atomic E-state index is 0.0653. The van der Waals surface area contributed by atoms with Crippen molar-refractivity contribution < 1.29 is 19.0 Å². The molecule has 1 aliphatic carbocycles. The number of rotatable bonds is 5. The Hall–Kier alpha value is -3.09. The van der Waals surface area contributed by atoms with E-state index in [1.807, 2.05) is 31.3 Å². The van der Waals surface area contributed by atoms with Gasteiger partial charge in [-0.3, -0.25) is 14.6 Å². The summed E-state index contributed by atoms with van der Waals surface area (Å²) in [4.78, 5) is 28.6. The van der Waals surface area contributed by atoms with Gasteiger partial charge in [-0.25, -0.2) is 0 Å². The fourth-order valence-corrected chi connectivity index (χ4v) is 4.66. The van der Waals surface area contributed by atoms with Crippen LogP contribution >= 0.6 is 0 Å². The molecule has 0 amide bonds. The van der Waals surface area contributed by atoms with Crippen molar-refractivity contribution in [2.75, 3.05) is 13.7 Å². The van der Waals surface area contributed by atoms with Crippen molar-refractivity contribution in [3.8, 4) is 11.5 Å². The standard InChI is InChI=1S/C24H28N2O5/c1-5-30-22-11-17-18-10-16(31-14(2)27)7-8-20(18)25-24(19(17)12-21(22)29-4)15-6-9-23(28)26(3)13-15/h6,9,11-13,16,18,20H,5,7-8,10H2,1-4H3/t16-,18-,20-/m1/s1. The summed E-state index contributed by atoms with van der Waals surface area (Å²) in [5, 5.41) is 0. The molecule has 1 fully saturated rings. The van der Waals surface area contributed by atoms with E-state index in [0.29, 0.717) is 18.1 Å². The maximum Gasteiger partial charge on any atom is 0.302 e. The van der Waals surface area contributed by atoms with Gasteiger partial charge in [-0.15, -0.1) is 0 Å². The van der Waals surface area contributed by atoms with Gasteiger partial charge < -0.3 is 18.8 Å². The normalized spacial score (nSPS) is 22.1. The number of aryl methyl sites for hydroxylation is 1. The molecule has 0 spiro atoms. The summed E-state index contributed by atoms with van der Waals surface area (Å²) < 4.78 is 18.5. The molecule has 0 bridgehead atoms. The van der Waals surface area contributed by atoms with Crippen molar-refractivity contribution >= 4 is 11.7 Å². The minimum atomic E-state index is -0.251. The van der Waals surface area contributed by atoms with Gasteiger partial charge in [0.15, 0.2) is 11.5 Å². The number of nitrogens with zero attached hydrogens (tertiary/aromatic N) is 2. The average molecular weight is 424 g/mol. The van der Waals surface area contributed by atoms with E-state index in [1.54, 1.807) is 24.8 Å². The number of benzene rings is 1. The number of fused-ring (bicyclic) bond motifs is 3. The highest BCUT2D eigenvalue weighted by Crippen LogP contribution is 2.45. The van der Waals surface area contributed by atoms with Crippen molar-refractivity contribution in [1.29, 1.82) is 0 Å². The van der Waals surface area contributed by atoms with Crippen LogP contribution in [-0.2, 0) is 16.6 Å². The smallest absolute Gasteiger partial charge is 0.302 e. The van der Waals surface area contributed by atoms with Crippen LogP contribution in [0.15, 0.2) is 40.2 Å². The van der Waals surface area contributed by atoms with Gasteiger partial charge in [0.25, 0.3) is 0 Å². The third-order valence-corrected chi connectivity index (χ3v) is 6.04. The molecule has 2 aliphatic rings. The number of carbonyl (C=O) groups is 1. The summed E-state index contributed by atoms with van der Waals surface area (Å²) in [5.41, 5.74) is 3.74. The van der Waals surface area contributed by atoms with Gasteiger partial charge in [0.05, 0.1) is 25.5 Å². The van der Waals surface area contributed by atoms with Crippen LogP contribution in [0.4, 0.5) is 0 Å². The summed E-state index contributed by atoms with van der Waals surface area (Å²) >= 11 is 0. The number of esters is 1. The molecule has 1 aliphatic heterocycles. The molecular formula is C24H28N2O5. The van der Waals surface area contributed by atoms with E-state index >= 15 is 0 Å². The molecule has 31 heavy (non-hydrogen) atoms. The highest BCUT2D eigenvalue weighted by Gasteiger charge is 2.38. The van der Waals surface area contributed by atoms with E-state index in [9.17, 15) is 9.59 Å². The third kappa shape index (κ3) is 4.09. The molecule has 1 aromatic carbocycles. The van der Waals surface area contributed by atoms with Crippen LogP contribution in [0.5, 0.6) is 11.5 Å². The SMILES string of the molecule is CCOc1cc2c(cc1OC)C(c1ccc(=O)n(C)c1)=N[C@@H]1CC[C@@H](OC(C)=O)C[C@H]21. The fraction of sp³-hybridized carbons (Fsp3) is 0.458. The molecule has 2 aromatic rings. The van der Waals surface area contributed by atoms with E-state index in [1.165, 1.54) is 6.92 Å². The molecule has 0 N–H and O–H groups in total. The number of aliphatic imine (C=N–C) groups is 1. The van der Waals surface area contributed by atoms with Gasteiger partial charge in [-0.1, -0.05) is 0 Å². The molecule has 164 valence electrons. The number of methoxy groups -OCH3 is 1. The second kappa shape index (κ2) is 8.57. The first-order chi connectivity index (χ1) is 14.9. The van der Waals surface area contributed by atoms with Crippen LogP contribution in [0.2, 0.25) is 0 Å². The maximum atomic E-state index is 11.9. The Balaban J connectivity index is 1.85. The third-order valence-electron chi connectivity index (χ3n) is 6.04. The molecule has 4 rings (SSSR count). The average Bonchev–Trinajstić information content (AvgIpc) is 2.74. The van der Waals surface area contributed by atoms with Crippen LogP contribution in [0.1, 0.15) is 55.7 Å². The zero-order chi connectivity index (χ0) is 22.1. The second-order valence-electron chi connectivity index (χ2n) is 8.09. The van der Waals surface area contributed by atoms with Gasteiger partial charge in [0.2, 0.25) is 5.56 Å². The van der Waals surface area contributed by atoms with Crippen LogP contribution < -0.4 is 15.0 Å². The lowest BCUT2D eigenvalue weighted by atomic mass is 9.74. The van der Waals surface area contributed by atoms with Gasteiger partial charge in [0.1, 0.15) is 6.10 Å². The van der Waals surface area contributed by atoms with Crippen molar-refractivity contribution in [2.24, 2.45) is 12.0 Å². The predicted octanol–water partition coefficient (Wildman–Crippen LogP) is 3.21. The lowest BCUT2D eigenvalue weighted by Gasteiger charge is -2.38. The van der Waals surface area contributed by atoms with E-state index < -0.39 is 0 Å². The largest absolute Gasteiger partial charge is 0.493 e. The Kier molecular flexibility index (Phi) is 5.85. The van der Waals surface area contributed by atoms with Crippen LogP contribution in [0.25, 0.3) is 0 Å². The zero-order valence-corrected chi connectivity index (χ0v) is 18.4. The van der Waals surface area contributed by atoms with Gasteiger partial charge in [-0.05, 0) is 49.9 Å². The predicted molar refractivity (Wildman–Crippen MR) is 117 cm³/mol. The number of hydrogen-bond donors (Lipinski definition) is 0. The monoisotopic (exact) mass is 424 g/mol. The first kappa shape index (κ1) is 21.2. The number of aromatic nitrogens is 1. The summed E-state index contributed by atoms with van der Waals surface area (Å²) in [6.07, 6.45) is 4.04.